The SMILES string of the molecule is O=C(NC1CCSc2ccc(F)cc21)c1ccc(NC(=O)c2cccs2)cc1. The van der Waals surface area contributed by atoms with Crippen molar-refractivity contribution < 1.29 is 14.0 Å². The van der Waals surface area contributed by atoms with Gasteiger partial charge in [0.25, 0.3) is 11.8 Å². The van der Waals surface area contributed by atoms with Crippen molar-refractivity contribution in [3.8, 4) is 0 Å². The fraction of sp³-hybridized carbons (Fsp3) is 0.143. The number of carbonyl (C=O) groups excluding carboxylic acids is 2. The van der Waals surface area contributed by atoms with Crippen molar-refractivity contribution in [3.05, 3.63) is 81.8 Å². The van der Waals surface area contributed by atoms with Crippen LogP contribution in [0.4, 0.5) is 10.1 Å². The number of anilines is 1. The maximum Gasteiger partial charge on any atom is 0.265 e. The van der Waals surface area contributed by atoms with Crippen molar-refractivity contribution in [2.45, 2.75) is 17.4 Å². The molecule has 7 heteroatoms. The van der Waals surface area contributed by atoms with E-state index < -0.39 is 0 Å². The molecule has 1 aliphatic heterocycles. The quantitative estimate of drug-likeness (QED) is 0.626. The van der Waals surface area contributed by atoms with Gasteiger partial charge < -0.3 is 10.6 Å². The number of thiophene rings is 1. The maximum absolute atomic E-state index is 13.6. The van der Waals surface area contributed by atoms with Crippen LogP contribution in [0.3, 0.4) is 0 Å². The van der Waals surface area contributed by atoms with Crippen molar-refractivity contribution in [1.82, 2.24) is 5.32 Å². The van der Waals surface area contributed by atoms with E-state index in [1.165, 1.54) is 23.5 Å². The molecule has 28 heavy (non-hydrogen) atoms. The Morgan fingerprint density at radius 3 is 2.61 bits per heavy atom. The van der Waals surface area contributed by atoms with Crippen molar-refractivity contribution in [1.29, 1.82) is 0 Å². The number of hydrogen-bond donors (Lipinski definition) is 2. The number of nitrogens with one attached hydrogen (secondary N) is 2. The van der Waals surface area contributed by atoms with Crippen molar-refractivity contribution >= 4 is 40.6 Å². The Hall–Kier alpha value is -2.64. The fourth-order valence-electron chi connectivity index (χ4n) is 3.06. The minimum atomic E-state index is -0.300. The zero-order chi connectivity index (χ0) is 19.5. The molecule has 0 radical (unpaired) electrons. The van der Waals surface area contributed by atoms with Crippen LogP contribution in [0.1, 0.15) is 38.1 Å². The first-order valence-electron chi connectivity index (χ1n) is 8.78. The number of fused-ring (bicyclic) bond motifs is 1. The molecule has 1 atom stereocenters. The molecular formula is C21H17FN2O2S2. The van der Waals surface area contributed by atoms with E-state index in [0.29, 0.717) is 16.1 Å². The number of rotatable bonds is 4. The second kappa shape index (κ2) is 8.16. The summed E-state index contributed by atoms with van der Waals surface area (Å²) in [6.07, 6.45) is 0.752. The molecule has 3 aromatic rings. The summed E-state index contributed by atoms with van der Waals surface area (Å²) in [5, 5.41) is 7.65. The van der Waals surface area contributed by atoms with E-state index in [2.05, 4.69) is 10.6 Å². The normalized spacial score (nSPS) is 15.5. The summed E-state index contributed by atoms with van der Waals surface area (Å²) in [6.45, 7) is 0. The highest BCUT2D eigenvalue weighted by atomic mass is 32.2. The average Bonchev–Trinajstić information content (AvgIpc) is 3.24. The molecule has 1 aliphatic rings. The van der Waals surface area contributed by atoms with E-state index in [1.807, 2.05) is 11.4 Å². The first-order chi connectivity index (χ1) is 13.6. The smallest absolute Gasteiger partial charge is 0.265 e. The van der Waals surface area contributed by atoms with Gasteiger partial charge in [0.1, 0.15) is 5.82 Å². The molecule has 1 unspecified atom stereocenters. The van der Waals surface area contributed by atoms with Gasteiger partial charge in [0.2, 0.25) is 0 Å². The van der Waals surface area contributed by atoms with Gasteiger partial charge in [-0.2, -0.15) is 0 Å². The van der Waals surface area contributed by atoms with Gasteiger partial charge >= 0.3 is 0 Å². The lowest BCUT2D eigenvalue weighted by Gasteiger charge is -2.26. The predicted octanol–water partition coefficient (Wildman–Crippen LogP) is 5.11. The summed E-state index contributed by atoms with van der Waals surface area (Å²) in [5.41, 5.74) is 1.94. The highest BCUT2D eigenvalue weighted by Crippen LogP contribution is 2.36. The van der Waals surface area contributed by atoms with E-state index in [9.17, 15) is 14.0 Å². The van der Waals surface area contributed by atoms with Crippen molar-refractivity contribution in [2.75, 3.05) is 11.1 Å². The summed E-state index contributed by atoms with van der Waals surface area (Å²) in [5.74, 6) is 0.178. The number of benzene rings is 2. The molecule has 2 N–H and O–H groups in total. The summed E-state index contributed by atoms with van der Waals surface area (Å²) in [7, 11) is 0. The van der Waals surface area contributed by atoms with E-state index in [1.54, 1.807) is 48.2 Å². The van der Waals surface area contributed by atoms with Crippen molar-refractivity contribution in [3.63, 3.8) is 0 Å². The number of hydrogen-bond acceptors (Lipinski definition) is 4. The largest absolute Gasteiger partial charge is 0.345 e. The molecule has 2 aromatic carbocycles. The zero-order valence-electron chi connectivity index (χ0n) is 14.8. The third-order valence-corrected chi connectivity index (χ3v) is 6.46. The van der Waals surface area contributed by atoms with Crippen LogP contribution in [0.2, 0.25) is 0 Å². The number of halogens is 1. The number of amides is 2. The number of carbonyl (C=O) groups is 2. The van der Waals surface area contributed by atoms with Gasteiger partial charge in [-0.15, -0.1) is 23.1 Å². The summed E-state index contributed by atoms with van der Waals surface area (Å²) in [6, 6.07) is 14.8. The lowest BCUT2D eigenvalue weighted by atomic mass is 10.0. The van der Waals surface area contributed by atoms with Gasteiger partial charge in [-0.05, 0) is 65.9 Å². The highest BCUT2D eigenvalue weighted by Gasteiger charge is 2.23. The maximum atomic E-state index is 13.6. The predicted molar refractivity (Wildman–Crippen MR) is 111 cm³/mol. The van der Waals surface area contributed by atoms with Crippen LogP contribution in [0, 0.1) is 5.82 Å². The lowest BCUT2D eigenvalue weighted by molar-refractivity contribution is 0.0934. The third kappa shape index (κ3) is 4.10. The molecule has 2 heterocycles. The standard InChI is InChI=1S/C21H17FN2O2S2/c22-14-5-8-18-16(12-14)17(9-11-28-18)24-20(25)13-3-6-15(7-4-13)23-21(26)19-2-1-10-27-19/h1-8,10,12,17H,9,11H2,(H,23,26)(H,24,25). The minimum Gasteiger partial charge on any atom is -0.345 e. The monoisotopic (exact) mass is 412 g/mol. The Kier molecular flexibility index (Phi) is 5.45. The van der Waals surface area contributed by atoms with Crippen molar-refractivity contribution in [2.24, 2.45) is 0 Å². The van der Waals surface area contributed by atoms with Crippen LogP contribution in [-0.4, -0.2) is 17.6 Å². The van der Waals surface area contributed by atoms with Gasteiger partial charge in [-0.1, -0.05) is 6.07 Å². The Bertz CT molecular complexity index is 1000. The summed E-state index contributed by atoms with van der Waals surface area (Å²) in [4.78, 5) is 26.4. The first-order valence-corrected chi connectivity index (χ1v) is 10.6. The number of thioether (sulfide) groups is 1. The zero-order valence-corrected chi connectivity index (χ0v) is 16.4. The van der Waals surface area contributed by atoms with Gasteiger partial charge in [0.15, 0.2) is 0 Å². The molecule has 1 aromatic heterocycles. The molecule has 0 fully saturated rings. The Balaban J connectivity index is 1.43. The third-order valence-electron chi connectivity index (χ3n) is 4.47. The lowest BCUT2D eigenvalue weighted by Crippen LogP contribution is -2.30. The molecule has 0 spiro atoms. The van der Waals surface area contributed by atoms with E-state index in [-0.39, 0.29) is 23.7 Å². The molecule has 0 saturated carbocycles. The van der Waals surface area contributed by atoms with Gasteiger partial charge in [-0.3, -0.25) is 9.59 Å². The molecule has 0 aliphatic carbocycles. The van der Waals surface area contributed by atoms with E-state index >= 15 is 0 Å². The Labute approximate surface area is 170 Å². The van der Waals surface area contributed by atoms with Crippen LogP contribution in [0.15, 0.2) is 64.9 Å². The summed E-state index contributed by atoms with van der Waals surface area (Å²) < 4.78 is 13.6. The molecule has 4 nitrogen and oxygen atoms in total. The minimum absolute atomic E-state index is 0.175. The molecule has 142 valence electrons. The van der Waals surface area contributed by atoms with Crippen LogP contribution in [-0.2, 0) is 0 Å². The second-order valence-corrected chi connectivity index (χ2v) is 8.44. The first kappa shape index (κ1) is 18.7. The highest BCUT2D eigenvalue weighted by molar-refractivity contribution is 7.99. The van der Waals surface area contributed by atoms with E-state index in [4.69, 9.17) is 0 Å². The second-order valence-electron chi connectivity index (χ2n) is 6.35. The molecular weight excluding hydrogens is 395 g/mol. The van der Waals surface area contributed by atoms with Gasteiger partial charge in [0, 0.05) is 21.9 Å². The molecule has 2 amide bonds. The van der Waals surface area contributed by atoms with E-state index in [0.717, 1.165) is 22.6 Å². The topological polar surface area (TPSA) is 58.2 Å². The van der Waals surface area contributed by atoms with Crippen LogP contribution in [0.5, 0.6) is 0 Å². The molecule has 0 saturated heterocycles. The molecule has 0 bridgehead atoms. The summed E-state index contributed by atoms with van der Waals surface area (Å²) >= 11 is 3.04. The van der Waals surface area contributed by atoms with Gasteiger partial charge in [0.05, 0.1) is 10.9 Å². The molecule has 4 rings (SSSR count). The average molecular weight is 413 g/mol. The van der Waals surface area contributed by atoms with Crippen LogP contribution < -0.4 is 10.6 Å². The van der Waals surface area contributed by atoms with Crippen LogP contribution >= 0.6 is 23.1 Å². The van der Waals surface area contributed by atoms with Gasteiger partial charge in [-0.25, -0.2) is 4.39 Å². The fourth-order valence-corrected chi connectivity index (χ4v) is 4.79. The van der Waals surface area contributed by atoms with Crippen LogP contribution in [0.25, 0.3) is 0 Å². The Morgan fingerprint density at radius 1 is 1.04 bits per heavy atom. The Morgan fingerprint density at radius 2 is 1.86 bits per heavy atom.